The van der Waals surface area contributed by atoms with Crippen molar-refractivity contribution in [2.75, 3.05) is 6.54 Å². The molecule has 1 aliphatic heterocycles. The smallest absolute Gasteiger partial charge is 0.410 e. The maximum atomic E-state index is 12.0. The lowest BCUT2D eigenvalue weighted by molar-refractivity contribution is 0.0226. The monoisotopic (exact) mass is 269 g/mol. The molecule has 0 unspecified atom stereocenters. The van der Waals surface area contributed by atoms with Crippen LogP contribution in [0.4, 0.5) is 4.79 Å². The van der Waals surface area contributed by atoms with Crippen LogP contribution < -0.4 is 0 Å². The van der Waals surface area contributed by atoms with Crippen LogP contribution >= 0.6 is 11.3 Å². The molecule has 1 N–H and O–H groups in total. The number of hydrogen-bond donors (Lipinski definition) is 1. The molecule has 0 aromatic carbocycles. The fraction of sp³-hybridized carbons (Fsp3) is 0.615. The van der Waals surface area contributed by atoms with Gasteiger partial charge in [-0.25, -0.2) is 4.79 Å². The Morgan fingerprint density at radius 1 is 1.56 bits per heavy atom. The Labute approximate surface area is 111 Å². The molecule has 0 saturated heterocycles. The quantitative estimate of drug-likeness (QED) is 0.852. The van der Waals surface area contributed by atoms with Crippen LogP contribution in [0.25, 0.3) is 0 Å². The molecule has 0 bridgehead atoms. The van der Waals surface area contributed by atoms with Gasteiger partial charge in [0.05, 0.1) is 13.2 Å². The number of rotatable bonds is 1. The molecule has 0 atom stereocenters. The number of hydrogen-bond acceptors (Lipinski definition) is 4. The Kier molecular flexibility index (Phi) is 3.64. The van der Waals surface area contributed by atoms with Gasteiger partial charge in [0.2, 0.25) is 0 Å². The van der Waals surface area contributed by atoms with Gasteiger partial charge in [-0.05, 0) is 43.7 Å². The van der Waals surface area contributed by atoms with E-state index in [9.17, 15) is 9.90 Å². The first-order chi connectivity index (χ1) is 8.40. The number of carbonyl (C=O) groups excluding carboxylic acids is 1. The van der Waals surface area contributed by atoms with Crippen molar-refractivity contribution in [3.8, 4) is 0 Å². The zero-order chi connectivity index (χ0) is 13.3. The van der Waals surface area contributed by atoms with Gasteiger partial charge < -0.3 is 14.7 Å². The summed E-state index contributed by atoms with van der Waals surface area (Å²) in [7, 11) is 0. The van der Waals surface area contributed by atoms with Crippen molar-refractivity contribution < 1.29 is 14.6 Å². The molecule has 100 valence electrons. The fourth-order valence-corrected chi connectivity index (χ4v) is 3.12. The SMILES string of the molecule is CC(C)(C)OC(=O)N1CCc2c(CO)csc2C1. The molecule has 1 aromatic rings. The zero-order valence-electron chi connectivity index (χ0n) is 11.0. The summed E-state index contributed by atoms with van der Waals surface area (Å²) in [6, 6.07) is 0. The zero-order valence-corrected chi connectivity index (χ0v) is 11.8. The highest BCUT2D eigenvalue weighted by Crippen LogP contribution is 2.29. The number of amides is 1. The first-order valence-corrected chi connectivity index (χ1v) is 6.95. The third kappa shape index (κ3) is 2.84. The van der Waals surface area contributed by atoms with E-state index in [1.54, 1.807) is 16.2 Å². The van der Waals surface area contributed by atoms with Crippen molar-refractivity contribution in [3.63, 3.8) is 0 Å². The Morgan fingerprint density at radius 2 is 2.28 bits per heavy atom. The Morgan fingerprint density at radius 3 is 2.89 bits per heavy atom. The normalized spacial score (nSPS) is 15.4. The van der Waals surface area contributed by atoms with E-state index in [0.717, 1.165) is 16.9 Å². The number of aliphatic hydroxyl groups is 1. The van der Waals surface area contributed by atoms with E-state index in [4.69, 9.17) is 4.74 Å². The second-order valence-corrected chi connectivity index (χ2v) is 6.44. The van der Waals surface area contributed by atoms with E-state index >= 15 is 0 Å². The number of thiophene rings is 1. The predicted molar refractivity (Wildman–Crippen MR) is 70.6 cm³/mol. The molecule has 1 aliphatic rings. The summed E-state index contributed by atoms with van der Waals surface area (Å²) in [4.78, 5) is 14.8. The highest BCUT2D eigenvalue weighted by Gasteiger charge is 2.27. The number of ether oxygens (including phenoxy) is 1. The lowest BCUT2D eigenvalue weighted by Crippen LogP contribution is -2.39. The number of fused-ring (bicyclic) bond motifs is 1. The molecular formula is C13H19NO3S. The third-order valence-corrected chi connectivity index (χ3v) is 3.92. The van der Waals surface area contributed by atoms with Crippen LogP contribution in [-0.2, 0) is 24.3 Å². The highest BCUT2D eigenvalue weighted by atomic mass is 32.1. The van der Waals surface area contributed by atoms with Crippen LogP contribution in [0.5, 0.6) is 0 Å². The van der Waals surface area contributed by atoms with Crippen molar-refractivity contribution in [1.29, 1.82) is 0 Å². The van der Waals surface area contributed by atoms with Crippen molar-refractivity contribution >= 4 is 17.4 Å². The molecule has 5 heteroatoms. The Balaban J connectivity index is 2.06. The van der Waals surface area contributed by atoms with Gasteiger partial charge in [0, 0.05) is 11.4 Å². The van der Waals surface area contributed by atoms with Gasteiger partial charge in [-0.1, -0.05) is 0 Å². The molecule has 2 rings (SSSR count). The summed E-state index contributed by atoms with van der Waals surface area (Å²) in [5.41, 5.74) is 1.75. The number of aliphatic hydroxyl groups excluding tert-OH is 1. The van der Waals surface area contributed by atoms with E-state index in [0.29, 0.717) is 13.1 Å². The molecule has 0 aliphatic carbocycles. The minimum atomic E-state index is -0.455. The average molecular weight is 269 g/mol. The van der Waals surface area contributed by atoms with Gasteiger partial charge in [0.1, 0.15) is 5.60 Å². The largest absolute Gasteiger partial charge is 0.444 e. The lowest BCUT2D eigenvalue weighted by atomic mass is 10.0. The van der Waals surface area contributed by atoms with E-state index in [1.807, 2.05) is 26.2 Å². The van der Waals surface area contributed by atoms with Crippen LogP contribution in [0.2, 0.25) is 0 Å². The highest BCUT2D eigenvalue weighted by molar-refractivity contribution is 7.10. The summed E-state index contributed by atoms with van der Waals surface area (Å²) in [6.45, 7) is 6.94. The second-order valence-electron chi connectivity index (χ2n) is 5.47. The van der Waals surface area contributed by atoms with E-state index in [-0.39, 0.29) is 12.7 Å². The summed E-state index contributed by atoms with van der Waals surface area (Å²) >= 11 is 1.61. The molecule has 0 radical (unpaired) electrons. The number of carbonyl (C=O) groups is 1. The van der Waals surface area contributed by atoms with E-state index in [2.05, 4.69) is 0 Å². The van der Waals surface area contributed by atoms with Crippen LogP contribution in [0, 0.1) is 0 Å². The second kappa shape index (κ2) is 4.90. The molecular weight excluding hydrogens is 250 g/mol. The van der Waals surface area contributed by atoms with E-state index in [1.165, 1.54) is 5.56 Å². The summed E-state index contributed by atoms with van der Waals surface area (Å²) < 4.78 is 5.37. The van der Waals surface area contributed by atoms with E-state index < -0.39 is 5.60 Å². The summed E-state index contributed by atoms with van der Waals surface area (Å²) in [6.07, 6.45) is 0.542. The standard InChI is InChI=1S/C13H19NO3S/c1-13(2,3)17-12(16)14-5-4-10-9(7-15)8-18-11(10)6-14/h8,15H,4-7H2,1-3H3. The molecule has 0 saturated carbocycles. The van der Waals surface area contributed by atoms with Crippen LogP contribution in [0.3, 0.4) is 0 Å². The molecule has 1 aromatic heterocycles. The molecule has 2 heterocycles. The minimum absolute atomic E-state index is 0.0816. The molecule has 0 spiro atoms. The lowest BCUT2D eigenvalue weighted by Gasteiger charge is -2.30. The van der Waals surface area contributed by atoms with Crippen molar-refractivity contribution in [2.24, 2.45) is 0 Å². The molecule has 1 amide bonds. The van der Waals surface area contributed by atoms with Gasteiger partial charge in [0.15, 0.2) is 0 Å². The first-order valence-electron chi connectivity index (χ1n) is 6.07. The topological polar surface area (TPSA) is 49.8 Å². The molecule has 0 fully saturated rings. The van der Waals surface area contributed by atoms with Crippen molar-refractivity contribution in [3.05, 3.63) is 21.4 Å². The Hall–Kier alpha value is -1.07. The van der Waals surface area contributed by atoms with Gasteiger partial charge in [-0.3, -0.25) is 0 Å². The van der Waals surface area contributed by atoms with Gasteiger partial charge >= 0.3 is 6.09 Å². The van der Waals surface area contributed by atoms with Gasteiger partial charge in [0.25, 0.3) is 0 Å². The average Bonchev–Trinajstić information content (AvgIpc) is 2.68. The molecule has 4 nitrogen and oxygen atoms in total. The predicted octanol–water partition coefficient (Wildman–Crippen LogP) is 2.53. The Bertz CT molecular complexity index is 448. The third-order valence-electron chi connectivity index (χ3n) is 2.86. The van der Waals surface area contributed by atoms with Crippen LogP contribution in [-0.4, -0.2) is 28.2 Å². The van der Waals surface area contributed by atoms with Crippen molar-refractivity contribution in [1.82, 2.24) is 4.90 Å². The van der Waals surface area contributed by atoms with Crippen molar-refractivity contribution in [2.45, 2.75) is 45.9 Å². The minimum Gasteiger partial charge on any atom is -0.444 e. The van der Waals surface area contributed by atoms with Crippen LogP contribution in [0.15, 0.2) is 5.38 Å². The maximum Gasteiger partial charge on any atom is 0.410 e. The van der Waals surface area contributed by atoms with Gasteiger partial charge in [-0.15, -0.1) is 11.3 Å². The molecule has 18 heavy (non-hydrogen) atoms. The number of nitrogens with zero attached hydrogens (tertiary/aromatic N) is 1. The first kappa shape index (κ1) is 13.4. The summed E-state index contributed by atoms with van der Waals surface area (Å²) in [5, 5.41) is 11.2. The van der Waals surface area contributed by atoms with Gasteiger partial charge in [-0.2, -0.15) is 0 Å². The maximum absolute atomic E-state index is 12.0. The fourth-order valence-electron chi connectivity index (χ4n) is 2.01. The summed E-state index contributed by atoms with van der Waals surface area (Å²) in [5.74, 6) is 0. The van der Waals surface area contributed by atoms with Crippen LogP contribution in [0.1, 0.15) is 36.8 Å².